The van der Waals surface area contributed by atoms with Crippen LogP contribution in [0.25, 0.3) is 0 Å². The predicted octanol–water partition coefficient (Wildman–Crippen LogP) is 3.80. The van der Waals surface area contributed by atoms with E-state index in [0.29, 0.717) is 0 Å². The lowest BCUT2D eigenvalue weighted by Gasteiger charge is -2.19. The molecule has 1 aromatic heterocycles. The van der Waals surface area contributed by atoms with Crippen molar-refractivity contribution in [3.05, 3.63) is 57.8 Å². The van der Waals surface area contributed by atoms with Gasteiger partial charge in [-0.15, -0.1) is 11.3 Å². The summed E-state index contributed by atoms with van der Waals surface area (Å²) in [4.78, 5) is 1.17. The summed E-state index contributed by atoms with van der Waals surface area (Å²) in [5, 5.41) is 15.2. The van der Waals surface area contributed by atoms with Gasteiger partial charge in [0, 0.05) is 23.0 Å². The molecule has 2 rings (SSSR count). The lowest BCUT2D eigenvalue weighted by molar-refractivity contribution is 0.164. The number of thiophene rings is 1. The van der Waals surface area contributed by atoms with Gasteiger partial charge in [0.05, 0.1) is 6.10 Å². The van der Waals surface area contributed by atoms with Crippen LogP contribution >= 0.6 is 11.3 Å². The van der Waals surface area contributed by atoms with Crippen molar-refractivity contribution in [1.82, 2.24) is 5.32 Å². The lowest BCUT2D eigenvalue weighted by Crippen LogP contribution is -2.26. The van der Waals surface area contributed by atoms with Gasteiger partial charge in [-0.25, -0.2) is 8.78 Å². The third kappa shape index (κ3) is 3.62. The van der Waals surface area contributed by atoms with Crippen molar-refractivity contribution in [1.29, 1.82) is 0 Å². The zero-order chi connectivity index (χ0) is 14.5. The van der Waals surface area contributed by atoms with Crippen molar-refractivity contribution in [3.8, 4) is 0 Å². The van der Waals surface area contributed by atoms with Crippen molar-refractivity contribution < 1.29 is 13.9 Å². The Hall–Kier alpha value is -1.30. The highest BCUT2D eigenvalue weighted by atomic mass is 32.1. The van der Waals surface area contributed by atoms with E-state index in [0.717, 1.165) is 24.6 Å². The lowest BCUT2D eigenvalue weighted by atomic mass is 10.1. The van der Waals surface area contributed by atoms with Crippen molar-refractivity contribution >= 4 is 11.3 Å². The van der Waals surface area contributed by atoms with Crippen LogP contribution in [0.5, 0.6) is 0 Å². The highest BCUT2D eigenvalue weighted by Gasteiger charge is 2.16. The van der Waals surface area contributed by atoms with Crippen molar-refractivity contribution in [2.75, 3.05) is 6.54 Å². The summed E-state index contributed by atoms with van der Waals surface area (Å²) in [5.41, 5.74) is -0.0152. The number of benzene rings is 1. The zero-order valence-corrected chi connectivity index (χ0v) is 12.0. The van der Waals surface area contributed by atoms with Gasteiger partial charge >= 0.3 is 0 Å². The Bertz CT molecular complexity index is 545. The van der Waals surface area contributed by atoms with Crippen LogP contribution in [0, 0.1) is 11.6 Å². The first-order valence-electron chi connectivity index (χ1n) is 6.51. The maximum atomic E-state index is 13.5. The monoisotopic (exact) mass is 297 g/mol. The minimum Gasteiger partial charge on any atom is -0.387 e. The number of hydrogen-bond donors (Lipinski definition) is 2. The van der Waals surface area contributed by atoms with E-state index in [1.165, 1.54) is 4.88 Å². The Labute approximate surface area is 121 Å². The molecule has 20 heavy (non-hydrogen) atoms. The van der Waals surface area contributed by atoms with Crippen molar-refractivity contribution in [2.45, 2.75) is 25.5 Å². The number of aliphatic hydroxyl groups is 1. The van der Waals surface area contributed by atoms with Crippen molar-refractivity contribution in [3.63, 3.8) is 0 Å². The summed E-state index contributed by atoms with van der Waals surface area (Å²) < 4.78 is 26.6. The molecule has 1 aromatic carbocycles. The van der Waals surface area contributed by atoms with E-state index in [4.69, 9.17) is 0 Å². The average molecular weight is 297 g/mol. The number of halogens is 2. The molecule has 0 bridgehead atoms. The molecule has 0 amide bonds. The smallest absolute Gasteiger partial charge is 0.129 e. The Balaban J connectivity index is 2.01. The quantitative estimate of drug-likeness (QED) is 0.850. The summed E-state index contributed by atoms with van der Waals surface area (Å²) in [6, 6.07) is 7.20. The molecule has 2 atom stereocenters. The second-order valence-electron chi connectivity index (χ2n) is 4.57. The Morgan fingerprint density at radius 2 is 2.10 bits per heavy atom. The molecule has 0 fully saturated rings. The molecule has 0 saturated heterocycles. The molecule has 0 spiro atoms. The molecule has 2 aromatic rings. The number of hydrogen-bond acceptors (Lipinski definition) is 3. The normalized spacial score (nSPS) is 14.2. The van der Waals surface area contributed by atoms with E-state index in [9.17, 15) is 13.9 Å². The zero-order valence-electron chi connectivity index (χ0n) is 11.1. The van der Waals surface area contributed by atoms with Gasteiger partial charge in [0.1, 0.15) is 11.6 Å². The SMILES string of the molecule is CCC(NCC(O)c1cc(F)ccc1F)c1cccs1. The van der Waals surface area contributed by atoms with Gasteiger partial charge in [0.25, 0.3) is 0 Å². The fourth-order valence-electron chi connectivity index (χ4n) is 2.07. The molecule has 2 unspecified atom stereocenters. The maximum absolute atomic E-state index is 13.5. The number of aliphatic hydroxyl groups excluding tert-OH is 1. The second kappa shape index (κ2) is 6.92. The minimum atomic E-state index is -1.07. The number of nitrogens with one attached hydrogen (secondary N) is 1. The molecule has 5 heteroatoms. The van der Waals surface area contributed by atoms with Crippen LogP contribution in [0.3, 0.4) is 0 Å². The first kappa shape index (κ1) is 15.1. The van der Waals surface area contributed by atoms with Crippen LogP contribution in [0.2, 0.25) is 0 Å². The molecule has 0 radical (unpaired) electrons. The fourth-order valence-corrected chi connectivity index (χ4v) is 2.96. The van der Waals surface area contributed by atoms with E-state index in [2.05, 4.69) is 5.32 Å². The van der Waals surface area contributed by atoms with E-state index in [1.54, 1.807) is 11.3 Å². The molecule has 0 saturated carbocycles. The fraction of sp³-hybridized carbons (Fsp3) is 0.333. The second-order valence-corrected chi connectivity index (χ2v) is 5.55. The molecular weight excluding hydrogens is 280 g/mol. The van der Waals surface area contributed by atoms with Crippen LogP contribution in [0.1, 0.15) is 35.9 Å². The largest absolute Gasteiger partial charge is 0.387 e. The van der Waals surface area contributed by atoms with Gasteiger partial charge < -0.3 is 10.4 Å². The molecule has 0 aliphatic heterocycles. The van der Waals surface area contributed by atoms with Crippen LogP contribution < -0.4 is 5.32 Å². The van der Waals surface area contributed by atoms with Gasteiger partial charge in [-0.2, -0.15) is 0 Å². The molecule has 2 N–H and O–H groups in total. The summed E-state index contributed by atoms with van der Waals surface area (Å²) in [6.07, 6.45) is -0.210. The van der Waals surface area contributed by atoms with E-state index < -0.39 is 17.7 Å². The maximum Gasteiger partial charge on any atom is 0.129 e. The van der Waals surface area contributed by atoms with Crippen LogP contribution in [0.15, 0.2) is 35.7 Å². The van der Waals surface area contributed by atoms with Gasteiger partial charge in [-0.1, -0.05) is 13.0 Å². The highest BCUT2D eigenvalue weighted by molar-refractivity contribution is 7.10. The standard InChI is InChI=1S/C15H17F2NOS/c1-2-13(15-4-3-7-20-15)18-9-14(19)11-8-10(16)5-6-12(11)17/h3-8,13-14,18-19H,2,9H2,1H3. The first-order valence-corrected chi connectivity index (χ1v) is 7.39. The van der Waals surface area contributed by atoms with E-state index in [1.807, 2.05) is 24.4 Å². The summed E-state index contributed by atoms with van der Waals surface area (Å²) >= 11 is 1.63. The molecule has 0 aliphatic carbocycles. The highest BCUT2D eigenvalue weighted by Crippen LogP contribution is 2.23. The van der Waals surface area contributed by atoms with Gasteiger partial charge in [0.2, 0.25) is 0 Å². The van der Waals surface area contributed by atoms with Gasteiger partial charge in [-0.05, 0) is 36.1 Å². The van der Waals surface area contributed by atoms with Crippen LogP contribution in [-0.2, 0) is 0 Å². The van der Waals surface area contributed by atoms with Gasteiger partial charge in [0.15, 0.2) is 0 Å². The number of rotatable bonds is 6. The topological polar surface area (TPSA) is 32.3 Å². The molecule has 0 aliphatic rings. The Morgan fingerprint density at radius 3 is 2.75 bits per heavy atom. The predicted molar refractivity (Wildman–Crippen MR) is 76.7 cm³/mol. The van der Waals surface area contributed by atoms with Crippen molar-refractivity contribution in [2.24, 2.45) is 0 Å². The third-order valence-corrected chi connectivity index (χ3v) is 4.16. The van der Waals surface area contributed by atoms with Crippen LogP contribution in [-0.4, -0.2) is 11.7 Å². The van der Waals surface area contributed by atoms with Crippen LogP contribution in [0.4, 0.5) is 8.78 Å². The molecule has 2 nitrogen and oxygen atoms in total. The molecule has 1 heterocycles. The van der Waals surface area contributed by atoms with Gasteiger partial charge in [-0.3, -0.25) is 0 Å². The van der Waals surface area contributed by atoms with E-state index >= 15 is 0 Å². The summed E-state index contributed by atoms with van der Waals surface area (Å²) in [6.45, 7) is 2.21. The summed E-state index contributed by atoms with van der Waals surface area (Å²) in [7, 11) is 0. The molecular formula is C15H17F2NOS. The average Bonchev–Trinajstić information content (AvgIpc) is 2.96. The Kier molecular flexibility index (Phi) is 5.23. The summed E-state index contributed by atoms with van der Waals surface area (Å²) in [5.74, 6) is -1.14. The van der Waals surface area contributed by atoms with E-state index in [-0.39, 0.29) is 18.2 Å². The third-order valence-electron chi connectivity index (χ3n) is 3.17. The molecule has 108 valence electrons. The minimum absolute atomic E-state index is 0.0152. The Morgan fingerprint density at radius 1 is 1.30 bits per heavy atom. The first-order chi connectivity index (χ1) is 9.61.